The Labute approximate surface area is 227 Å². The molecule has 1 aliphatic rings. The summed E-state index contributed by atoms with van der Waals surface area (Å²) in [5, 5.41) is 3.28. The zero-order valence-corrected chi connectivity index (χ0v) is 22.6. The van der Waals surface area contributed by atoms with Gasteiger partial charge in [-0.2, -0.15) is 0 Å². The van der Waals surface area contributed by atoms with Crippen LogP contribution in [0.25, 0.3) is 0 Å². The van der Waals surface area contributed by atoms with Crippen LogP contribution in [0.5, 0.6) is 5.75 Å². The van der Waals surface area contributed by atoms with E-state index in [1.54, 1.807) is 4.90 Å². The fourth-order valence-electron chi connectivity index (χ4n) is 5.19. The molecule has 1 saturated carbocycles. The van der Waals surface area contributed by atoms with Crippen molar-refractivity contribution >= 4 is 11.8 Å². The molecule has 1 atom stereocenters. The van der Waals surface area contributed by atoms with Gasteiger partial charge in [0.2, 0.25) is 5.91 Å². The lowest BCUT2D eigenvalue weighted by atomic mass is 9.94. The van der Waals surface area contributed by atoms with E-state index < -0.39 is 6.04 Å². The summed E-state index contributed by atoms with van der Waals surface area (Å²) in [6, 6.07) is 27.2. The molecule has 0 radical (unpaired) electrons. The van der Waals surface area contributed by atoms with Crippen LogP contribution in [0, 0.1) is 0 Å². The predicted molar refractivity (Wildman–Crippen MR) is 152 cm³/mol. The molecule has 1 aliphatic carbocycles. The molecule has 0 aliphatic heterocycles. The zero-order chi connectivity index (χ0) is 26.7. The van der Waals surface area contributed by atoms with Crippen molar-refractivity contribution < 1.29 is 14.3 Å². The summed E-state index contributed by atoms with van der Waals surface area (Å²) >= 11 is 0. The molecule has 3 aromatic carbocycles. The van der Waals surface area contributed by atoms with Crippen LogP contribution in [0.4, 0.5) is 0 Å². The second-order valence-corrected chi connectivity index (χ2v) is 10.5. The van der Waals surface area contributed by atoms with E-state index in [0.29, 0.717) is 18.7 Å². The highest BCUT2D eigenvalue weighted by molar-refractivity contribution is 5.88. The van der Waals surface area contributed by atoms with E-state index in [4.69, 9.17) is 4.74 Å². The molecule has 5 heteroatoms. The number of para-hydroxylation sites is 1. The third kappa shape index (κ3) is 7.70. The van der Waals surface area contributed by atoms with Crippen LogP contribution in [0.3, 0.4) is 0 Å². The molecule has 1 fully saturated rings. The Hall–Kier alpha value is -3.60. The van der Waals surface area contributed by atoms with Crippen molar-refractivity contribution in [2.75, 3.05) is 6.61 Å². The van der Waals surface area contributed by atoms with Gasteiger partial charge >= 0.3 is 0 Å². The van der Waals surface area contributed by atoms with Crippen molar-refractivity contribution in [1.29, 1.82) is 0 Å². The summed E-state index contributed by atoms with van der Waals surface area (Å²) in [5.41, 5.74) is 3.06. The number of hydrogen-bond donors (Lipinski definition) is 1. The number of nitrogens with one attached hydrogen (secondary N) is 1. The summed E-state index contributed by atoms with van der Waals surface area (Å²) in [6.45, 7) is 4.43. The van der Waals surface area contributed by atoms with Gasteiger partial charge in [0.05, 0.1) is 0 Å². The van der Waals surface area contributed by atoms with Crippen LogP contribution in [0.1, 0.15) is 68.6 Å². The number of ether oxygens (including phenoxy) is 1. The molecule has 5 nitrogen and oxygen atoms in total. The second-order valence-electron chi connectivity index (χ2n) is 10.5. The molecule has 0 bridgehead atoms. The number of nitrogens with zero attached hydrogens (tertiary/aromatic N) is 1. The molecule has 200 valence electrons. The van der Waals surface area contributed by atoms with Gasteiger partial charge in [-0.1, -0.05) is 112 Å². The maximum atomic E-state index is 13.9. The summed E-state index contributed by atoms with van der Waals surface area (Å²) in [5.74, 6) is 0.690. The molecule has 3 aromatic rings. The minimum Gasteiger partial charge on any atom is -0.483 e. The first-order valence-electron chi connectivity index (χ1n) is 13.9. The topological polar surface area (TPSA) is 58.6 Å². The Bertz CT molecular complexity index is 1160. The van der Waals surface area contributed by atoms with Gasteiger partial charge < -0.3 is 15.0 Å². The van der Waals surface area contributed by atoms with E-state index in [1.165, 1.54) is 6.42 Å². The Balaban J connectivity index is 1.60. The molecule has 4 rings (SSSR count). The highest BCUT2D eigenvalue weighted by Crippen LogP contribution is 2.26. The number of hydrogen-bond acceptors (Lipinski definition) is 3. The van der Waals surface area contributed by atoms with Crippen molar-refractivity contribution in [3.8, 4) is 5.75 Å². The summed E-state index contributed by atoms with van der Waals surface area (Å²) in [4.78, 5) is 29.4. The molecule has 0 saturated heterocycles. The lowest BCUT2D eigenvalue weighted by Crippen LogP contribution is -2.53. The molecular formula is C33H40N2O3. The Morgan fingerprint density at radius 2 is 1.45 bits per heavy atom. The number of carbonyl (C=O) groups excluding carboxylic acids is 2. The molecule has 0 heterocycles. The van der Waals surface area contributed by atoms with Crippen molar-refractivity contribution in [2.24, 2.45) is 0 Å². The van der Waals surface area contributed by atoms with Crippen LogP contribution < -0.4 is 10.1 Å². The maximum Gasteiger partial charge on any atom is 0.261 e. The van der Waals surface area contributed by atoms with Crippen molar-refractivity contribution in [2.45, 2.75) is 76.9 Å². The van der Waals surface area contributed by atoms with Gasteiger partial charge in [0.25, 0.3) is 5.91 Å². The van der Waals surface area contributed by atoms with E-state index >= 15 is 0 Å². The average molecular weight is 513 g/mol. The summed E-state index contributed by atoms with van der Waals surface area (Å²) in [7, 11) is 0. The molecule has 0 spiro atoms. The van der Waals surface area contributed by atoms with Gasteiger partial charge in [0.1, 0.15) is 11.8 Å². The third-order valence-electron chi connectivity index (χ3n) is 7.31. The number of carbonyl (C=O) groups is 2. The summed E-state index contributed by atoms with van der Waals surface area (Å²) < 4.78 is 6.09. The third-order valence-corrected chi connectivity index (χ3v) is 7.31. The first-order valence-corrected chi connectivity index (χ1v) is 13.9. The Morgan fingerprint density at radius 1 is 0.842 bits per heavy atom. The standard InChI is InChI=1S/C33H40N2O3/c1-25(2)29-20-12-13-21-31(29)38-24-32(36)35(23-27-16-8-4-9-17-27)30(22-26-14-6-3-7-15-26)33(37)34-28-18-10-5-11-19-28/h3-4,6-9,12-17,20-21,25,28,30H,5,10-11,18-19,22-24H2,1-2H3,(H,34,37)/t30-/m0/s1. The zero-order valence-electron chi connectivity index (χ0n) is 22.6. The van der Waals surface area contributed by atoms with Crippen LogP contribution in [-0.4, -0.2) is 35.4 Å². The van der Waals surface area contributed by atoms with Crippen LogP contribution in [0.15, 0.2) is 84.9 Å². The van der Waals surface area contributed by atoms with Crippen LogP contribution in [0.2, 0.25) is 0 Å². The lowest BCUT2D eigenvalue weighted by molar-refractivity contribution is -0.143. The van der Waals surface area contributed by atoms with E-state index in [1.807, 2.05) is 84.9 Å². The van der Waals surface area contributed by atoms with Gasteiger partial charge in [0.15, 0.2) is 6.61 Å². The number of benzene rings is 3. The fraction of sp³-hybridized carbons (Fsp3) is 0.394. The monoisotopic (exact) mass is 512 g/mol. The Kier molecular flexibility index (Phi) is 9.97. The highest BCUT2D eigenvalue weighted by atomic mass is 16.5. The fourth-order valence-corrected chi connectivity index (χ4v) is 5.19. The van der Waals surface area contributed by atoms with Gasteiger partial charge in [-0.15, -0.1) is 0 Å². The van der Waals surface area contributed by atoms with E-state index in [2.05, 4.69) is 19.2 Å². The SMILES string of the molecule is CC(C)c1ccccc1OCC(=O)N(Cc1ccccc1)[C@@H](Cc1ccccc1)C(=O)NC1CCCCC1. The first-order chi connectivity index (χ1) is 18.5. The smallest absolute Gasteiger partial charge is 0.261 e. The van der Waals surface area contributed by atoms with Gasteiger partial charge in [-0.3, -0.25) is 9.59 Å². The minimum atomic E-state index is -0.643. The molecule has 1 N–H and O–H groups in total. The second kappa shape index (κ2) is 13.8. The number of rotatable bonds is 11. The lowest BCUT2D eigenvalue weighted by Gasteiger charge is -2.33. The maximum absolute atomic E-state index is 13.9. The summed E-state index contributed by atoms with van der Waals surface area (Å²) in [6.07, 6.45) is 5.90. The van der Waals surface area contributed by atoms with Gasteiger partial charge in [-0.05, 0) is 41.5 Å². The molecule has 2 amide bonds. The van der Waals surface area contributed by atoms with E-state index in [0.717, 1.165) is 42.4 Å². The first kappa shape index (κ1) is 27.4. The van der Waals surface area contributed by atoms with Crippen molar-refractivity contribution in [3.63, 3.8) is 0 Å². The molecular weight excluding hydrogens is 472 g/mol. The quantitative estimate of drug-likeness (QED) is 0.329. The average Bonchev–Trinajstić information content (AvgIpc) is 2.95. The largest absolute Gasteiger partial charge is 0.483 e. The predicted octanol–water partition coefficient (Wildman–Crippen LogP) is 6.28. The minimum absolute atomic E-state index is 0.0902. The van der Waals surface area contributed by atoms with Crippen molar-refractivity contribution in [3.05, 3.63) is 102 Å². The van der Waals surface area contributed by atoms with E-state index in [9.17, 15) is 9.59 Å². The highest BCUT2D eigenvalue weighted by Gasteiger charge is 2.32. The van der Waals surface area contributed by atoms with Crippen LogP contribution >= 0.6 is 0 Å². The van der Waals surface area contributed by atoms with Gasteiger partial charge in [-0.25, -0.2) is 0 Å². The van der Waals surface area contributed by atoms with Crippen LogP contribution in [-0.2, 0) is 22.6 Å². The Morgan fingerprint density at radius 3 is 2.11 bits per heavy atom. The molecule has 0 unspecified atom stereocenters. The molecule has 38 heavy (non-hydrogen) atoms. The van der Waals surface area contributed by atoms with E-state index in [-0.39, 0.29) is 30.4 Å². The van der Waals surface area contributed by atoms with Crippen molar-refractivity contribution in [1.82, 2.24) is 10.2 Å². The number of amides is 2. The molecule has 0 aromatic heterocycles. The normalized spacial score (nSPS) is 14.6. The van der Waals surface area contributed by atoms with Gasteiger partial charge in [0, 0.05) is 19.0 Å².